The quantitative estimate of drug-likeness (QED) is 0.227. The lowest BCUT2D eigenvalue weighted by atomic mass is 10.1. The smallest absolute Gasteiger partial charge is 0.208 e. The molecule has 1 aromatic heterocycles. The van der Waals surface area contributed by atoms with Crippen LogP contribution in [0.5, 0.6) is 0 Å². The maximum atomic E-state index is 11.0. The van der Waals surface area contributed by atoms with Crippen LogP contribution < -0.4 is 15.4 Å². The number of aromatic nitrogens is 3. The van der Waals surface area contributed by atoms with E-state index >= 15 is 0 Å². The van der Waals surface area contributed by atoms with Crippen LogP contribution in [0, 0.1) is 0 Å². The Morgan fingerprint density at radius 3 is 2.72 bits per heavy atom. The van der Waals surface area contributed by atoms with Crippen LogP contribution in [0.4, 0.5) is 0 Å². The van der Waals surface area contributed by atoms with E-state index in [4.69, 9.17) is 0 Å². The molecule has 1 aliphatic rings. The van der Waals surface area contributed by atoms with Gasteiger partial charge in [-0.25, -0.2) is 22.8 Å². The topological polar surface area (TPSA) is 113 Å². The average Bonchev–Trinajstić information content (AvgIpc) is 2.92. The Labute approximate surface area is 166 Å². The van der Waals surface area contributed by atoms with Crippen LogP contribution in [0.2, 0.25) is 0 Å². The maximum absolute atomic E-state index is 11.0. The van der Waals surface area contributed by atoms with E-state index in [2.05, 4.69) is 44.3 Å². The van der Waals surface area contributed by atoms with Gasteiger partial charge in [0.05, 0.1) is 12.8 Å². The molecule has 0 bridgehead atoms. The lowest BCUT2D eigenvalue weighted by Gasteiger charge is -2.25. The molecule has 2 heterocycles. The predicted molar refractivity (Wildman–Crippen MR) is 109 cm³/mol. The molecule has 0 radical (unpaired) electrons. The fraction of sp³-hybridized carbons (Fsp3) is 0.786. The zero-order valence-electron chi connectivity index (χ0n) is 15.1. The molecule has 11 heteroatoms. The fourth-order valence-corrected chi connectivity index (χ4v) is 2.97. The Morgan fingerprint density at radius 1 is 1.40 bits per heavy atom. The minimum absolute atomic E-state index is 0. The van der Waals surface area contributed by atoms with Crippen molar-refractivity contribution in [2.75, 3.05) is 26.4 Å². The van der Waals surface area contributed by atoms with Gasteiger partial charge in [-0.15, -0.1) is 24.0 Å². The summed E-state index contributed by atoms with van der Waals surface area (Å²) in [7, 11) is -1.47. The van der Waals surface area contributed by atoms with Crippen LogP contribution in [0.3, 0.4) is 0 Å². The Hall–Kier alpha value is -0.950. The first-order valence-corrected chi connectivity index (χ1v) is 10.0. The number of aryl methyl sites for hydroxylation is 1. The van der Waals surface area contributed by atoms with Gasteiger partial charge in [0.25, 0.3) is 0 Å². The molecule has 0 saturated heterocycles. The number of fused-ring (bicyclic) bond motifs is 1. The van der Waals surface area contributed by atoms with Crippen molar-refractivity contribution in [1.82, 2.24) is 30.1 Å². The van der Waals surface area contributed by atoms with Crippen molar-refractivity contribution >= 4 is 40.0 Å². The number of halogens is 1. The van der Waals surface area contributed by atoms with Crippen molar-refractivity contribution < 1.29 is 8.42 Å². The number of hydrogen-bond donors (Lipinski definition) is 3. The van der Waals surface area contributed by atoms with Gasteiger partial charge < -0.3 is 10.6 Å². The highest BCUT2D eigenvalue weighted by molar-refractivity contribution is 14.0. The summed E-state index contributed by atoms with van der Waals surface area (Å²) < 4.78 is 26.5. The molecule has 0 fully saturated rings. The van der Waals surface area contributed by atoms with E-state index in [9.17, 15) is 8.42 Å². The van der Waals surface area contributed by atoms with E-state index in [1.165, 1.54) is 0 Å². The Bertz CT molecular complexity index is 687. The van der Waals surface area contributed by atoms with Gasteiger partial charge in [0.2, 0.25) is 10.0 Å². The number of nitrogens with one attached hydrogen (secondary N) is 3. The SMILES string of the molecule is CN=C(NCCNS(C)(=O)=O)NC1CCc2nc(C(C)C)nn2C1.I. The molecule has 0 spiro atoms. The molecular formula is C14H28IN7O2S. The monoisotopic (exact) mass is 485 g/mol. The largest absolute Gasteiger partial charge is 0.355 e. The van der Waals surface area contributed by atoms with Crippen LogP contribution in [-0.2, 0) is 23.0 Å². The van der Waals surface area contributed by atoms with E-state index in [0.29, 0.717) is 25.0 Å². The summed E-state index contributed by atoms with van der Waals surface area (Å²) in [5, 5.41) is 11.0. The summed E-state index contributed by atoms with van der Waals surface area (Å²) in [4.78, 5) is 8.76. The minimum Gasteiger partial charge on any atom is -0.355 e. The second-order valence-electron chi connectivity index (χ2n) is 6.27. The van der Waals surface area contributed by atoms with Crippen LogP contribution >= 0.6 is 24.0 Å². The molecule has 1 atom stereocenters. The third kappa shape index (κ3) is 7.05. The second-order valence-corrected chi connectivity index (χ2v) is 8.10. The molecule has 1 aliphatic heterocycles. The summed E-state index contributed by atoms with van der Waals surface area (Å²) in [6.45, 7) is 5.71. The number of hydrogen-bond acceptors (Lipinski definition) is 5. The standard InChI is InChI=1S/C14H27N7O2S.HI/c1-10(2)13-19-12-6-5-11(9-21(12)20-13)18-14(15-3)16-7-8-17-24(4,22)23;/h10-11,17H,5-9H2,1-4H3,(H2,15,16,18);1H. The van der Waals surface area contributed by atoms with Crippen LogP contribution in [-0.4, -0.2) is 61.6 Å². The second kappa shape index (κ2) is 9.67. The molecule has 3 N–H and O–H groups in total. The van der Waals surface area contributed by atoms with E-state index in [1.807, 2.05) is 4.68 Å². The van der Waals surface area contributed by atoms with Gasteiger partial charge >= 0.3 is 0 Å². The van der Waals surface area contributed by atoms with E-state index in [-0.39, 0.29) is 30.0 Å². The summed E-state index contributed by atoms with van der Waals surface area (Å²) >= 11 is 0. The molecule has 0 aromatic carbocycles. The first-order chi connectivity index (χ1) is 11.3. The van der Waals surface area contributed by atoms with Crippen molar-refractivity contribution in [1.29, 1.82) is 0 Å². The van der Waals surface area contributed by atoms with Crippen LogP contribution in [0.15, 0.2) is 4.99 Å². The van der Waals surface area contributed by atoms with Gasteiger partial charge in [-0.05, 0) is 6.42 Å². The van der Waals surface area contributed by atoms with Crippen molar-refractivity contribution in [2.45, 2.75) is 45.2 Å². The number of aliphatic imine (C=N–C) groups is 1. The number of sulfonamides is 1. The van der Waals surface area contributed by atoms with Crippen LogP contribution in [0.25, 0.3) is 0 Å². The van der Waals surface area contributed by atoms with Crippen LogP contribution in [0.1, 0.15) is 37.8 Å². The van der Waals surface area contributed by atoms with Gasteiger partial charge in [0.15, 0.2) is 11.8 Å². The van der Waals surface area contributed by atoms with Gasteiger partial charge in [-0.2, -0.15) is 5.10 Å². The molecule has 0 saturated carbocycles. The first-order valence-electron chi connectivity index (χ1n) is 8.14. The normalized spacial score (nSPS) is 17.8. The lowest BCUT2D eigenvalue weighted by molar-refractivity contribution is 0.391. The molecule has 25 heavy (non-hydrogen) atoms. The summed E-state index contributed by atoms with van der Waals surface area (Å²) in [6, 6.07) is 0.216. The molecule has 1 unspecified atom stereocenters. The van der Waals surface area contributed by atoms with E-state index in [1.54, 1.807) is 7.05 Å². The molecule has 0 amide bonds. The van der Waals surface area contributed by atoms with Gasteiger partial charge in [-0.3, -0.25) is 4.99 Å². The summed E-state index contributed by atoms with van der Waals surface area (Å²) in [5.41, 5.74) is 0. The molecular weight excluding hydrogens is 457 g/mol. The number of rotatable bonds is 6. The molecule has 1 aromatic rings. The Balaban J connectivity index is 0.00000312. The lowest BCUT2D eigenvalue weighted by Crippen LogP contribution is -2.48. The maximum Gasteiger partial charge on any atom is 0.208 e. The Morgan fingerprint density at radius 2 is 2.12 bits per heavy atom. The molecule has 9 nitrogen and oxygen atoms in total. The molecule has 2 rings (SSSR count). The van der Waals surface area contributed by atoms with Crippen molar-refractivity contribution in [3.8, 4) is 0 Å². The van der Waals surface area contributed by atoms with Crippen molar-refractivity contribution in [3.05, 3.63) is 11.6 Å². The van der Waals surface area contributed by atoms with Gasteiger partial charge in [-0.1, -0.05) is 13.8 Å². The molecule has 144 valence electrons. The van der Waals surface area contributed by atoms with Crippen molar-refractivity contribution in [2.24, 2.45) is 4.99 Å². The van der Waals surface area contributed by atoms with Crippen molar-refractivity contribution in [3.63, 3.8) is 0 Å². The Kier molecular flexibility index (Phi) is 8.54. The highest BCUT2D eigenvalue weighted by Gasteiger charge is 2.23. The van der Waals surface area contributed by atoms with Gasteiger partial charge in [0, 0.05) is 38.5 Å². The summed E-state index contributed by atoms with van der Waals surface area (Å²) in [6.07, 6.45) is 2.98. The first kappa shape index (κ1) is 22.1. The third-order valence-electron chi connectivity index (χ3n) is 3.74. The van der Waals surface area contributed by atoms with E-state index in [0.717, 1.165) is 37.3 Å². The van der Waals surface area contributed by atoms with E-state index < -0.39 is 10.0 Å². The number of guanidine groups is 1. The molecule has 0 aliphatic carbocycles. The fourth-order valence-electron chi connectivity index (χ4n) is 2.50. The summed E-state index contributed by atoms with van der Waals surface area (Å²) in [5.74, 6) is 2.91. The predicted octanol–water partition coefficient (Wildman–Crippen LogP) is 0.0485. The zero-order chi connectivity index (χ0) is 17.7. The highest BCUT2D eigenvalue weighted by Crippen LogP contribution is 2.16. The minimum atomic E-state index is -3.16. The number of nitrogens with zero attached hydrogens (tertiary/aromatic N) is 4. The highest BCUT2D eigenvalue weighted by atomic mass is 127. The third-order valence-corrected chi connectivity index (χ3v) is 4.47. The van der Waals surface area contributed by atoms with Gasteiger partial charge in [0.1, 0.15) is 5.82 Å². The average molecular weight is 485 g/mol. The zero-order valence-corrected chi connectivity index (χ0v) is 18.3.